The van der Waals surface area contributed by atoms with E-state index in [0.717, 1.165) is 0 Å². The lowest BCUT2D eigenvalue weighted by molar-refractivity contribution is 0.0992. The van der Waals surface area contributed by atoms with E-state index >= 15 is 0 Å². The van der Waals surface area contributed by atoms with Gasteiger partial charge in [-0.3, -0.25) is 9.48 Å². The highest BCUT2D eigenvalue weighted by Crippen LogP contribution is 2.28. The van der Waals surface area contributed by atoms with E-state index in [1.54, 1.807) is 47.4 Å². The average molecular weight is 456 g/mol. The third kappa shape index (κ3) is 5.29. The summed E-state index contributed by atoms with van der Waals surface area (Å²) in [7, 11) is 0. The fourth-order valence-electron chi connectivity index (χ4n) is 2.99. The number of halogens is 2. The van der Waals surface area contributed by atoms with E-state index in [1.807, 2.05) is 12.1 Å². The Bertz CT molecular complexity index is 1220. The zero-order valence-corrected chi connectivity index (χ0v) is 18.2. The van der Waals surface area contributed by atoms with Gasteiger partial charge in [-0.1, -0.05) is 47.5 Å². The number of hydrogen-bond donors (Lipinski definition) is 1. The molecule has 0 bridgehead atoms. The number of anilines is 1. The van der Waals surface area contributed by atoms with E-state index in [1.165, 1.54) is 11.1 Å². The summed E-state index contributed by atoms with van der Waals surface area (Å²) in [5.41, 5.74) is 2.94. The summed E-state index contributed by atoms with van der Waals surface area (Å²) in [6, 6.07) is 16.3. The number of carbonyl (C=O) groups excluding carboxylic acids is 1. The molecule has 158 valence electrons. The Labute approximate surface area is 189 Å². The van der Waals surface area contributed by atoms with Gasteiger partial charge in [0.15, 0.2) is 5.76 Å². The number of aromatic nitrogens is 2. The second-order valence-corrected chi connectivity index (χ2v) is 7.78. The highest BCUT2D eigenvalue weighted by molar-refractivity contribution is 6.35. The highest BCUT2D eigenvalue weighted by Gasteiger charge is 2.14. The molecule has 31 heavy (non-hydrogen) atoms. The van der Waals surface area contributed by atoms with Crippen LogP contribution in [0.15, 0.2) is 71.4 Å². The normalized spacial score (nSPS) is 10.8. The van der Waals surface area contributed by atoms with E-state index in [4.69, 9.17) is 32.4 Å². The zero-order valence-electron chi connectivity index (χ0n) is 16.6. The topological polar surface area (TPSA) is 69.3 Å². The van der Waals surface area contributed by atoms with Gasteiger partial charge in [-0.15, -0.1) is 0 Å². The van der Waals surface area contributed by atoms with Crippen LogP contribution >= 0.6 is 23.2 Å². The average Bonchev–Trinajstić information content (AvgIpc) is 3.39. The standard InChI is InChI=1S/C23H19Cl2N3O3/c1-15-4-2-3-5-16(15)12-28-13-18(11-26-28)27-23(29)22-9-7-19(31-22)14-30-21-8-6-17(24)10-20(21)25/h2-11,13H,12,14H2,1H3,(H,27,29). The molecule has 1 N–H and O–H groups in total. The van der Waals surface area contributed by atoms with Crippen LogP contribution in [0.2, 0.25) is 10.0 Å². The molecule has 8 heteroatoms. The van der Waals surface area contributed by atoms with Crippen LogP contribution in [0.25, 0.3) is 0 Å². The third-order valence-electron chi connectivity index (χ3n) is 4.63. The molecular weight excluding hydrogens is 437 g/mol. The molecule has 6 nitrogen and oxygen atoms in total. The first-order chi connectivity index (χ1) is 15.0. The van der Waals surface area contributed by atoms with Crippen molar-refractivity contribution in [1.82, 2.24) is 9.78 Å². The predicted molar refractivity (Wildman–Crippen MR) is 120 cm³/mol. The first-order valence-corrected chi connectivity index (χ1v) is 10.3. The number of carbonyl (C=O) groups is 1. The summed E-state index contributed by atoms with van der Waals surface area (Å²) in [6.45, 7) is 2.81. The molecule has 0 aliphatic heterocycles. The number of hydrogen-bond acceptors (Lipinski definition) is 4. The Morgan fingerprint density at radius 3 is 2.81 bits per heavy atom. The van der Waals surface area contributed by atoms with Crippen LogP contribution in [-0.4, -0.2) is 15.7 Å². The van der Waals surface area contributed by atoms with Crippen molar-refractivity contribution in [3.63, 3.8) is 0 Å². The first kappa shape index (κ1) is 21.0. The smallest absolute Gasteiger partial charge is 0.291 e. The molecule has 0 fully saturated rings. The third-order valence-corrected chi connectivity index (χ3v) is 5.16. The lowest BCUT2D eigenvalue weighted by Crippen LogP contribution is -2.10. The van der Waals surface area contributed by atoms with E-state index in [0.29, 0.717) is 33.8 Å². The number of amides is 1. The molecule has 2 aromatic heterocycles. The van der Waals surface area contributed by atoms with E-state index < -0.39 is 0 Å². The van der Waals surface area contributed by atoms with Crippen LogP contribution < -0.4 is 10.1 Å². The molecule has 0 aliphatic carbocycles. The molecule has 0 atom stereocenters. The minimum absolute atomic E-state index is 0.128. The van der Waals surface area contributed by atoms with Crippen molar-refractivity contribution < 1.29 is 13.9 Å². The summed E-state index contributed by atoms with van der Waals surface area (Å²) in [6.07, 6.45) is 3.38. The van der Waals surface area contributed by atoms with Gasteiger partial charge in [0.1, 0.15) is 18.1 Å². The maximum absolute atomic E-state index is 12.5. The van der Waals surface area contributed by atoms with Crippen molar-refractivity contribution in [2.75, 3.05) is 5.32 Å². The van der Waals surface area contributed by atoms with Gasteiger partial charge >= 0.3 is 0 Å². The second-order valence-electron chi connectivity index (χ2n) is 6.94. The largest absolute Gasteiger partial charge is 0.484 e. The summed E-state index contributed by atoms with van der Waals surface area (Å²) < 4.78 is 13.0. The number of nitrogens with zero attached hydrogens (tertiary/aromatic N) is 2. The number of furan rings is 1. The van der Waals surface area contributed by atoms with Gasteiger partial charge in [-0.05, 0) is 48.4 Å². The molecule has 0 unspecified atom stereocenters. The van der Waals surface area contributed by atoms with Gasteiger partial charge in [-0.2, -0.15) is 5.10 Å². The van der Waals surface area contributed by atoms with Crippen LogP contribution in [0.5, 0.6) is 5.75 Å². The Hall–Kier alpha value is -3.22. The Morgan fingerprint density at radius 2 is 2.00 bits per heavy atom. The fraction of sp³-hybridized carbons (Fsp3) is 0.130. The molecule has 0 saturated heterocycles. The second kappa shape index (κ2) is 9.29. The predicted octanol–water partition coefficient (Wildman–Crippen LogP) is 5.97. The Balaban J connectivity index is 1.35. The molecule has 2 aromatic carbocycles. The van der Waals surface area contributed by atoms with Crippen molar-refractivity contribution in [2.24, 2.45) is 0 Å². The minimum atomic E-state index is -0.369. The van der Waals surface area contributed by atoms with Crippen molar-refractivity contribution in [1.29, 1.82) is 0 Å². The molecule has 0 radical (unpaired) electrons. The molecule has 0 aliphatic rings. The number of benzene rings is 2. The quantitative estimate of drug-likeness (QED) is 0.372. The molecule has 2 heterocycles. The van der Waals surface area contributed by atoms with Crippen LogP contribution in [0, 0.1) is 6.92 Å². The molecule has 0 spiro atoms. The van der Waals surface area contributed by atoms with Gasteiger partial charge in [0, 0.05) is 11.2 Å². The van der Waals surface area contributed by atoms with Gasteiger partial charge in [0.2, 0.25) is 0 Å². The van der Waals surface area contributed by atoms with E-state index in [2.05, 4.69) is 29.5 Å². The number of rotatable bonds is 7. The van der Waals surface area contributed by atoms with Crippen LogP contribution in [0.1, 0.15) is 27.4 Å². The number of aryl methyl sites for hydroxylation is 1. The Kier molecular flexibility index (Phi) is 6.30. The van der Waals surface area contributed by atoms with E-state index in [9.17, 15) is 4.79 Å². The first-order valence-electron chi connectivity index (χ1n) is 9.53. The van der Waals surface area contributed by atoms with Crippen LogP contribution in [0.3, 0.4) is 0 Å². The fourth-order valence-corrected chi connectivity index (χ4v) is 3.45. The summed E-state index contributed by atoms with van der Waals surface area (Å²) in [5, 5.41) is 8.03. The lowest BCUT2D eigenvalue weighted by atomic mass is 10.1. The maximum atomic E-state index is 12.5. The molecule has 0 saturated carbocycles. The van der Waals surface area contributed by atoms with Gasteiger partial charge in [0.05, 0.1) is 23.5 Å². The van der Waals surface area contributed by atoms with Crippen molar-refractivity contribution >= 4 is 34.8 Å². The molecule has 1 amide bonds. The summed E-state index contributed by atoms with van der Waals surface area (Å²) in [5.74, 6) is 0.777. The summed E-state index contributed by atoms with van der Waals surface area (Å²) in [4.78, 5) is 12.5. The molecular formula is C23H19Cl2N3O3. The number of nitrogens with one attached hydrogen (secondary N) is 1. The van der Waals surface area contributed by atoms with Crippen LogP contribution in [0.4, 0.5) is 5.69 Å². The molecule has 4 rings (SSSR count). The Morgan fingerprint density at radius 1 is 1.16 bits per heavy atom. The van der Waals surface area contributed by atoms with Crippen molar-refractivity contribution in [2.45, 2.75) is 20.1 Å². The van der Waals surface area contributed by atoms with Gasteiger partial charge in [0.25, 0.3) is 5.91 Å². The lowest BCUT2D eigenvalue weighted by Gasteiger charge is -2.06. The monoisotopic (exact) mass is 455 g/mol. The van der Waals surface area contributed by atoms with Gasteiger partial charge in [-0.25, -0.2) is 0 Å². The molecule has 4 aromatic rings. The van der Waals surface area contributed by atoms with Crippen molar-refractivity contribution in [3.8, 4) is 5.75 Å². The van der Waals surface area contributed by atoms with Crippen molar-refractivity contribution in [3.05, 3.63) is 99.7 Å². The zero-order chi connectivity index (χ0) is 21.8. The van der Waals surface area contributed by atoms with Gasteiger partial charge < -0.3 is 14.5 Å². The SMILES string of the molecule is Cc1ccccc1Cn1cc(NC(=O)c2ccc(COc3ccc(Cl)cc3Cl)o2)cn1. The number of ether oxygens (including phenoxy) is 1. The summed E-state index contributed by atoms with van der Waals surface area (Å²) >= 11 is 12.0. The van der Waals surface area contributed by atoms with E-state index in [-0.39, 0.29) is 18.3 Å². The minimum Gasteiger partial charge on any atom is -0.484 e. The maximum Gasteiger partial charge on any atom is 0.291 e. The van der Waals surface area contributed by atoms with Crippen LogP contribution in [-0.2, 0) is 13.2 Å². The highest BCUT2D eigenvalue weighted by atomic mass is 35.5.